The van der Waals surface area contributed by atoms with Gasteiger partial charge in [-0.3, -0.25) is 9.38 Å². The van der Waals surface area contributed by atoms with Crippen LogP contribution >= 0.6 is 23.4 Å². The monoisotopic (exact) mass is 596 g/mol. The number of pyridine rings is 2. The molecule has 0 bridgehead atoms. The van der Waals surface area contributed by atoms with Gasteiger partial charge in [0, 0.05) is 48.5 Å². The summed E-state index contributed by atoms with van der Waals surface area (Å²) >= 11 is 7.94. The van der Waals surface area contributed by atoms with Crippen molar-refractivity contribution in [2.75, 3.05) is 23.7 Å². The van der Waals surface area contributed by atoms with E-state index in [0.717, 1.165) is 65.1 Å². The Morgan fingerprint density at radius 3 is 2.67 bits per heavy atom. The molecule has 1 aliphatic heterocycles. The summed E-state index contributed by atoms with van der Waals surface area (Å²) in [4.78, 5) is 22.6. The molecule has 1 spiro atoms. The predicted molar refractivity (Wildman–Crippen MR) is 161 cm³/mol. The van der Waals surface area contributed by atoms with Crippen molar-refractivity contribution in [3.8, 4) is 0 Å². The molecule has 4 aromatic heterocycles. The van der Waals surface area contributed by atoms with E-state index in [1.807, 2.05) is 52.2 Å². The molecule has 1 fully saturated rings. The molecule has 4 aromatic rings. The minimum absolute atomic E-state index is 0.00214. The molecule has 1 unspecified atom stereocenters. The molecule has 3 N–H and O–H groups in total. The van der Waals surface area contributed by atoms with E-state index < -0.39 is 11.0 Å². The minimum atomic E-state index is -1.19. The van der Waals surface area contributed by atoms with Crippen LogP contribution in [0.15, 0.2) is 52.8 Å². The molecular formula is C28H33ClN8OS2. The Kier molecular flexibility index (Phi) is 7.05. The summed E-state index contributed by atoms with van der Waals surface area (Å²) in [5.41, 5.74) is 9.88. The summed E-state index contributed by atoms with van der Waals surface area (Å²) in [7, 11) is -1.19. The first kappa shape index (κ1) is 27.4. The van der Waals surface area contributed by atoms with E-state index in [9.17, 15) is 4.21 Å². The van der Waals surface area contributed by atoms with Crippen molar-refractivity contribution < 1.29 is 4.21 Å². The second-order valence-corrected chi connectivity index (χ2v) is 15.0. The number of nitrogen functional groups attached to an aromatic ring is 1. The Morgan fingerprint density at radius 1 is 1.15 bits per heavy atom. The number of piperidine rings is 1. The number of hydrogen-bond acceptors (Lipinski definition) is 8. The van der Waals surface area contributed by atoms with Gasteiger partial charge in [-0.15, -0.1) is 0 Å². The van der Waals surface area contributed by atoms with Gasteiger partial charge >= 0.3 is 0 Å². The Labute approximate surface area is 245 Å². The van der Waals surface area contributed by atoms with E-state index in [4.69, 9.17) is 27.3 Å². The molecule has 9 nitrogen and oxygen atoms in total. The lowest BCUT2D eigenvalue weighted by Gasteiger charge is -2.44. The van der Waals surface area contributed by atoms with Gasteiger partial charge in [0.05, 0.1) is 37.4 Å². The quantitative estimate of drug-likeness (QED) is 0.325. The standard InChI is InChI=1S/C28H33ClN8OS2/c1-17-22(39-20-7-11-32-24(30)21(20)29)25-33-12-15-37(25)26(34-17)36-13-8-28(9-14-36)16-19-18(6-5-10-31-19)23(28)35-40(38)27(2,3)4/h5-7,10-12,15,23,35H,8-9,13-14,16H2,1-4H3,(H2,30,32)/t23-,40?/m1/s1. The van der Waals surface area contributed by atoms with Gasteiger partial charge < -0.3 is 10.6 Å². The van der Waals surface area contributed by atoms with Gasteiger partial charge in [0.1, 0.15) is 5.82 Å². The van der Waals surface area contributed by atoms with Gasteiger partial charge in [0.2, 0.25) is 5.95 Å². The molecule has 40 heavy (non-hydrogen) atoms. The maximum Gasteiger partial charge on any atom is 0.211 e. The molecule has 1 saturated heterocycles. The Morgan fingerprint density at radius 2 is 1.93 bits per heavy atom. The van der Waals surface area contributed by atoms with Crippen LogP contribution < -0.4 is 15.4 Å². The number of nitrogens with zero attached hydrogens (tertiary/aromatic N) is 6. The predicted octanol–water partition coefficient (Wildman–Crippen LogP) is 5.15. The Balaban J connectivity index is 1.28. The van der Waals surface area contributed by atoms with Crippen LogP contribution in [-0.2, 0) is 17.4 Å². The molecular weight excluding hydrogens is 564 g/mol. The van der Waals surface area contributed by atoms with Crippen LogP contribution in [0.1, 0.15) is 56.6 Å². The number of hydrogen-bond donors (Lipinski definition) is 2. The lowest BCUT2D eigenvalue weighted by molar-refractivity contribution is 0.176. The van der Waals surface area contributed by atoms with Crippen LogP contribution in [0.25, 0.3) is 5.65 Å². The zero-order valence-electron chi connectivity index (χ0n) is 23.0. The molecule has 0 aromatic carbocycles. The van der Waals surface area contributed by atoms with Gasteiger partial charge in [0.25, 0.3) is 0 Å². The highest BCUT2D eigenvalue weighted by molar-refractivity contribution is 7.99. The van der Waals surface area contributed by atoms with Crippen LogP contribution in [-0.4, -0.2) is 46.4 Å². The zero-order chi connectivity index (χ0) is 28.2. The number of anilines is 2. The largest absolute Gasteiger partial charge is 0.382 e. The minimum Gasteiger partial charge on any atom is -0.382 e. The number of rotatable bonds is 5. The van der Waals surface area contributed by atoms with Crippen molar-refractivity contribution in [3.63, 3.8) is 0 Å². The number of nitrogens with two attached hydrogens (primary N) is 1. The van der Waals surface area contributed by atoms with Crippen molar-refractivity contribution >= 4 is 51.8 Å². The number of halogens is 1. The van der Waals surface area contributed by atoms with E-state index in [2.05, 4.69) is 30.1 Å². The third-order valence-corrected chi connectivity index (χ3v) is 11.3. The van der Waals surface area contributed by atoms with Gasteiger partial charge in [0.15, 0.2) is 5.65 Å². The molecule has 0 saturated carbocycles. The van der Waals surface area contributed by atoms with E-state index in [1.54, 1.807) is 12.4 Å². The average molecular weight is 597 g/mol. The molecule has 6 rings (SSSR count). The highest BCUT2D eigenvalue weighted by atomic mass is 35.5. The molecule has 2 atom stereocenters. The second-order valence-electron chi connectivity index (χ2n) is 11.6. The van der Waals surface area contributed by atoms with Crippen LogP contribution in [0.3, 0.4) is 0 Å². The SMILES string of the molecule is Cc1nc(N2CCC3(CC2)Cc2ncccc2[C@H]3NS(=O)C(C)(C)C)n2ccnc2c1Sc1ccnc(N)c1Cl. The van der Waals surface area contributed by atoms with Gasteiger partial charge in [-0.05, 0) is 70.1 Å². The van der Waals surface area contributed by atoms with E-state index in [0.29, 0.717) is 10.8 Å². The highest BCUT2D eigenvalue weighted by Gasteiger charge is 2.49. The van der Waals surface area contributed by atoms with Crippen molar-refractivity contribution in [2.45, 2.75) is 67.5 Å². The highest BCUT2D eigenvalue weighted by Crippen LogP contribution is 2.52. The molecule has 5 heterocycles. The summed E-state index contributed by atoms with van der Waals surface area (Å²) in [5.74, 6) is 1.18. The fourth-order valence-electron chi connectivity index (χ4n) is 5.74. The molecule has 0 amide bonds. The number of nitrogens with one attached hydrogen (secondary N) is 1. The van der Waals surface area contributed by atoms with Gasteiger partial charge in [-0.25, -0.2) is 23.9 Å². The average Bonchev–Trinajstić information content (AvgIpc) is 3.52. The number of aryl methyl sites for hydroxylation is 1. The van der Waals surface area contributed by atoms with E-state index >= 15 is 0 Å². The lowest BCUT2D eigenvalue weighted by Crippen LogP contribution is -2.48. The fourth-order valence-corrected chi connectivity index (χ4v) is 7.89. The summed E-state index contributed by atoms with van der Waals surface area (Å²) in [6, 6.07) is 5.97. The third-order valence-electron chi connectivity index (χ3n) is 7.94. The van der Waals surface area contributed by atoms with E-state index in [-0.39, 0.29) is 16.2 Å². The fraction of sp³-hybridized carbons (Fsp3) is 0.429. The van der Waals surface area contributed by atoms with Crippen molar-refractivity contribution in [1.82, 2.24) is 29.1 Å². The van der Waals surface area contributed by atoms with Crippen molar-refractivity contribution in [1.29, 1.82) is 0 Å². The first-order valence-electron chi connectivity index (χ1n) is 13.4. The number of aromatic nitrogens is 5. The molecule has 1 aliphatic carbocycles. The van der Waals surface area contributed by atoms with Gasteiger partial charge in [-0.2, -0.15) is 0 Å². The maximum atomic E-state index is 13.2. The second kappa shape index (κ2) is 10.3. The summed E-state index contributed by atoms with van der Waals surface area (Å²) < 4.78 is 18.4. The smallest absolute Gasteiger partial charge is 0.211 e. The molecule has 2 aliphatic rings. The number of fused-ring (bicyclic) bond motifs is 2. The first-order chi connectivity index (χ1) is 19.1. The van der Waals surface area contributed by atoms with Crippen molar-refractivity contribution in [3.05, 3.63) is 65.0 Å². The summed E-state index contributed by atoms with van der Waals surface area (Å²) in [6.45, 7) is 9.68. The molecule has 210 valence electrons. The topological polar surface area (TPSA) is 114 Å². The Bertz CT molecular complexity index is 1610. The molecule has 12 heteroatoms. The first-order valence-corrected chi connectivity index (χ1v) is 15.7. The van der Waals surface area contributed by atoms with Crippen molar-refractivity contribution in [2.24, 2.45) is 5.41 Å². The number of imidazole rings is 1. The maximum absolute atomic E-state index is 13.2. The van der Waals surface area contributed by atoms with E-state index in [1.165, 1.54) is 17.3 Å². The van der Waals surface area contributed by atoms with Crippen LogP contribution in [0.5, 0.6) is 0 Å². The van der Waals surface area contributed by atoms with Crippen LogP contribution in [0.4, 0.5) is 11.8 Å². The van der Waals surface area contributed by atoms with Crippen LogP contribution in [0.2, 0.25) is 5.02 Å². The zero-order valence-corrected chi connectivity index (χ0v) is 25.4. The lowest BCUT2D eigenvalue weighted by atomic mass is 9.73. The normalized spacial score (nSPS) is 19.3. The third kappa shape index (κ3) is 4.76. The summed E-state index contributed by atoms with van der Waals surface area (Å²) in [5, 5.41) is 0.435. The summed E-state index contributed by atoms with van der Waals surface area (Å²) in [6.07, 6.45) is 10.0. The van der Waals surface area contributed by atoms with Gasteiger partial charge in [-0.1, -0.05) is 29.4 Å². The molecule has 0 radical (unpaired) electrons. The van der Waals surface area contributed by atoms with Crippen LogP contribution in [0, 0.1) is 12.3 Å². The Hall–Kier alpha value is -2.73.